The largest absolute Gasteiger partial charge is 0.495 e. The van der Waals surface area contributed by atoms with Gasteiger partial charge < -0.3 is 19.9 Å². The van der Waals surface area contributed by atoms with Crippen LogP contribution in [-0.2, 0) is 0 Å². The van der Waals surface area contributed by atoms with Gasteiger partial charge in [0.1, 0.15) is 5.75 Å². The number of hydrogen-bond donors (Lipinski definition) is 1. The number of carbonyl (C=O) groups is 1. The highest BCUT2D eigenvalue weighted by atomic mass is 35.5. The Balaban J connectivity index is 1.93. The van der Waals surface area contributed by atoms with E-state index in [9.17, 15) is 4.79 Å². The lowest BCUT2D eigenvalue weighted by Gasteiger charge is -2.23. The molecule has 0 radical (unpaired) electrons. The number of benzene rings is 1. The zero-order valence-corrected chi connectivity index (χ0v) is 14.9. The minimum atomic E-state index is -0.0902. The van der Waals surface area contributed by atoms with Crippen molar-refractivity contribution in [3.8, 4) is 5.75 Å². The normalized spacial score (nSPS) is 17.6. The summed E-state index contributed by atoms with van der Waals surface area (Å²) in [5, 5.41) is 3.48. The number of anilines is 1. The van der Waals surface area contributed by atoms with Crippen LogP contribution < -0.4 is 10.1 Å². The number of likely N-dealkylation sites (tertiary alicyclic amines) is 1. The van der Waals surface area contributed by atoms with Crippen molar-refractivity contribution in [3.05, 3.63) is 23.2 Å². The van der Waals surface area contributed by atoms with Crippen LogP contribution in [-0.4, -0.2) is 55.7 Å². The van der Waals surface area contributed by atoms with E-state index in [4.69, 9.17) is 16.3 Å². The molecule has 0 saturated carbocycles. The number of ether oxygens (including phenoxy) is 1. The van der Waals surface area contributed by atoms with Gasteiger partial charge in [-0.25, -0.2) is 4.79 Å². The minimum absolute atomic E-state index is 0.0902. The van der Waals surface area contributed by atoms with Crippen LogP contribution in [0.5, 0.6) is 5.75 Å². The molecule has 1 aromatic carbocycles. The Hall–Kier alpha value is -1.46. The minimum Gasteiger partial charge on any atom is -0.495 e. The van der Waals surface area contributed by atoms with Crippen molar-refractivity contribution in [1.82, 2.24) is 9.80 Å². The fourth-order valence-corrected chi connectivity index (χ4v) is 3.16. The number of urea groups is 1. The van der Waals surface area contributed by atoms with Gasteiger partial charge in [-0.1, -0.05) is 25.4 Å². The highest BCUT2D eigenvalue weighted by Gasteiger charge is 2.27. The number of halogens is 1. The van der Waals surface area contributed by atoms with Crippen molar-refractivity contribution in [3.63, 3.8) is 0 Å². The molecule has 0 aromatic heterocycles. The lowest BCUT2D eigenvalue weighted by molar-refractivity contribution is 0.215. The Kier molecular flexibility index (Phi) is 6.54. The molecule has 6 heteroatoms. The van der Waals surface area contributed by atoms with Gasteiger partial charge in [0.15, 0.2) is 0 Å². The Morgan fingerprint density at radius 3 is 2.83 bits per heavy atom. The number of nitrogens with zero attached hydrogens (tertiary/aromatic N) is 2. The average Bonchev–Trinajstić information content (AvgIpc) is 3.01. The topological polar surface area (TPSA) is 44.8 Å². The molecule has 128 valence electrons. The van der Waals surface area contributed by atoms with Crippen molar-refractivity contribution < 1.29 is 9.53 Å². The monoisotopic (exact) mass is 339 g/mol. The number of methoxy groups -OCH3 is 1. The van der Waals surface area contributed by atoms with Crippen molar-refractivity contribution in [2.24, 2.45) is 5.92 Å². The van der Waals surface area contributed by atoms with Crippen LogP contribution in [0.4, 0.5) is 10.5 Å². The molecule has 2 rings (SSSR count). The van der Waals surface area contributed by atoms with Crippen molar-refractivity contribution in [1.29, 1.82) is 0 Å². The highest BCUT2D eigenvalue weighted by molar-refractivity contribution is 6.31. The van der Waals surface area contributed by atoms with Gasteiger partial charge in [0.05, 0.1) is 12.8 Å². The van der Waals surface area contributed by atoms with Gasteiger partial charge in [0, 0.05) is 24.7 Å². The molecule has 1 N–H and O–H groups in total. The number of carbonyl (C=O) groups excluding carboxylic acids is 1. The van der Waals surface area contributed by atoms with Gasteiger partial charge in [0.25, 0.3) is 0 Å². The van der Waals surface area contributed by atoms with Crippen molar-refractivity contribution >= 4 is 23.3 Å². The van der Waals surface area contributed by atoms with Crippen LogP contribution in [0.1, 0.15) is 20.3 Å². The third-order valence-electron chi connectivity index (χ3n) is 4.39. The molecule has 0 spiro atoms. The smallest absolute Gasteiger partial charge is 0.321 e. The summed E-state index contributed by atoms with van der Waals surface area (Å²) in [4.78, 5) is 16.7. The molecule has 0 aliphatic carbocycles. The molecule has 2 amide bonds. The Morgan fingerprint density at radius 2 is 2.17 bits per heavy atom. The second-order valence-electron chi connectivity index (χ2n) is 5.86. The Labute approximate surface area is 143 Å². The molecule has 1 aromatic rings. The first-order valence-corrected chi connectivity index (χ1v) is 8.57. The lowest BCUT2D eigenvalue weighted by atomic mass is 10.1. The van der Waals surface area contributed by atoms with Crippen LogP contribution >= 0.6 is 11.6 Å². The maximum atomic E-state index is 12.5. The first-order valence-electron chi connectivity index (χ1n) is 8.19. The summed E-state index contributed by atoms with van der Waals surface area (Å²) in [5.74, 6) is 1.16. The van der Waals surface area contributed by atoms with E-state index < -0.39 is 0 Å². The summed E-state index contributed by atoms with van der Waals surface area (Å²) in [7, 11) is 1.58. The summed E-state index contributed by atoms with van der Waals surface area (Å²) >= 11 is 6.00. The zero-order chi connectivity index (χ0) is 16.8. The maximum Gasteiger partial charge on any atom is 0.321 e. The van der Waals surface area contributed by atoms with E-state index in [-0.39, 0.29) is 6.03 Å². The number of hydrogen-bond acceptors (Lipinski definition) is 3. The quantitative estimate of drug-likeness (QED) is 0.862. The first-order chi connectivity index (χ1) is 11.1. The van der Waals surface area contributed by atoms with E-state index in [0.717, 1.165) is 39.1 Å². The van der Waals surface area contributed by atoms with Gasteiger partial charge in [-0.2, -0.15) is 0 Å². The van der Waals surface area contributed by atoms with E-state index >= 15 is 0 Å². The standard InChI is InChI=1S/C17H26ClN3O2/c1-4-20(5-2)11-13-8-9-21(12-13)17(22)19-15-10-14(18)6-7-16(15)23-3/h6-7,10,13H,4-5,8-9,11-12H2,1-3H3,(H,19,22). The van der Waals surface area contributed by atoms with Crippen LogP contribution in [0.2, 0.25) is 5.02 Å². The first kappa shape index (κ1) is 17.9. The molecular formula is C17H26ClN3O2. The molecule has 1 aliphatic heterocycles. The molecule has 1 saturated heterocycles. The van der Waals surface area contributed by atoms with Gasteiger partial charge in [-0.05, 0) is 43.6 Å². The third kappa shape index (κ3) is 4.75. The maximum absolute atomic E-state index is 12.5. The van der Waals surface area contributed by atoms with Gasteiger partial charge >= 0.3 is 6.03 Å². The van der Waals surface area contributed by atoms with E-state index in [2.05, 4.69) is 24.1 Å². The molecular weight excluding hydrogens is 314 g/mol. The predicted octanol–water partition coefficient (Wildman–Crippen LogP) is 3.54. The Morgan fingerprint density at radius 1 is 1.43 bits per heavy atom. The van der Waals surface area contributed by atoms with E-state index in [0.29, 0.717) is 22.4 Å². The molecule has 0 bridgehead atoms. The summed E-state index contributed by atoms with van der Waals surface area (Å²) in [6.45, 7) is 9.10. The van der Waals surface area contributed by atoms with E-state index in [1.54, 1.807) is 25.3 Å². The SMILES string of the molecule is CCN(CC)CC1CCN(C(=O)Nc2cc(Cl)ccc2OC)C1. The van der Waals surface area contributed by atoms with Gasteiger partial charge in [-0.3, -0.25) is 0 Å². The number of amides is 2. The molecule has 1 unspecified atom stereocenters. The summed E-state index contributed by atoms with van der Waals surface area (Å²) in [6, 6.07) is 5.12. The molecule has 1 heterocycles. The third-order valence-corrected chi connectivity index (χ3v) is 4.62. The zero-order valence-electron chi connectivity index (χ0n) is 14.1. The highest BCUT2D eigenvalue weighted by Crippen LogP contribution is 2.28. The van der Waals surface area contributed by atoms with Crippen molar-refractivity contribution in [2.45, 2.75) is 20.3 Å². The molecule has 1 aliphatic rings. The molecule has 23 heavy (non-hydrogen) atoms. The van der Waals surface area contributed by atoms with Crippen LogP contribution in [0.25, 0.3) is 0 Å². The molecule has 5 nitrogen and oxygen atoms in total. The second kappa shape index (κ2) is 8.41. The fourth-order valence-electron chi connectivity index (χ4n) is 2.99. The van der Waals surface area contributed by atoms with Gasteiger partial charge in [-0.15, -0.1) is 0 Å². The van der Waals surface area contributed by atoms with Crippen LogP contribution in [0.15, 0.2) is 18.2 Å². The van der Waals surface area contributed by atoms with Crippen molar-refractivity contribution in [2.75, 3.05) is 45.2 Å². The van der Waals surface area contributed by atoms with Crippen LogP contribution in [0.3, 0.4) is 0 Å². The number of nitrogens with one attached hydrogen (secondary N) is 1. The van der Waals surface area contributed by atoms with E-state index in [1.807, 2.05) is 4.90 Å². The summed E-state index contributed by atoms with van der Waals surface area (Å²) < 4.78 is 5.27. The predicted molar refractivity (Wildman–Crippen MR) is 94.5 cm³/mol. The lowest BCUT2D eigenvalue weighted by Crippen LogP contribution is -2.35. The van der Waals surface area contributed by atoms with E-state index in [1.165, 1.54) is 0 Å². The van der Waals surface area contributed by atoms with Crippen LogP contribution in [0, 0.1) is 5.92 Å². The fraction of sp³-hybridized carbons (Fsp3) is 0.588. The second-order valence-corrected chi connectivity index (χ2v) is 6.30. The average molecular weight is 340 g/mol. The molecule has 1 atom stereocenters. The molecule has 1 fully saturated rings. The summed E-state index contributed by atoms with van der Waals surface area (Å²) in [6.07, 6.45) is 1.05. The Bertz CT molecular complexity index is 535. The summed E-state index contributed by atoms with van der Waals surface area (Å²) in [5.41, 5.74) is 0.609. The number of rotatable bonds is 6. The van der Waals surface area contributed by atoms with Gasteiger partial charge in [0.2, 0.25) is 0 Å².